The van der Waals surface area contributed by atoms with E-state index in [9.17, 15) is 4.79 Å². The van der Waals surface area contributed by atoms with Crippen molar-refractivity contribution in [1.29, 1.82) is 0 Å². The molecule has 2 N–H and O–H groups in total. The molecule has 6 nitrogen and oxygen atoms in total. The first kappa shape index (κ1) is 13.4. The smallest absolute Gasteiger partial charge is 0.217 e. The highest BCUT2D eigenvalue weighted by Crippen LogP contribution is 2.22. The molecule has 2 heterocycles. The van der Waals surface area contributed by atoms with Gasteiger partial charge in [-0.05, 0) is 12.8 Å². The van der Waals surface area contributed by atoms with E-state index < -0.39 is 0 Å². The summed E-state index contributed by atoms with van der Waals surface area (Å²) in [5.74, 6) is 1.39. The molecule has 1 aliphatic heterocycles. The lowest BCUT2D eigenvalue weighted by molar-refractivity contribution is -0.118. The third kappa shape index (κ3) is 3.46. The van der Waals surface area contributed by atoms with Gasteiger partial charge in [0.05, 0.1) is 6.10 Å². The predicted molar refractivity (Wildman–Crippen MR) is 68.2 cm³/mol. The predicted octanol–water partition coefficient (Wildman–Crippen LogP) is 0.504. The minimum Gasteiger partial charge on any atom is -0.377 e. The minimum atomic E-state index is -0.313. The van der Waals surface area contributed by atoms with Gasteiger partial charge in [-0.3, -0.25) is 4.79 Å². The summed E-state index contributed by atoms with van der Waals surface area (Å²) in [4.78, 5) is 10.7. The molecule has 0 radical (unpaired) electrons. The Labute approximate surface area is 110 Å². The van der Waals surface area contributed by atoms with Crippen molar-refractivity contribution in [1.82, 2.24) is 14.8 Å². The van der Waals surface area contributed by atoms with E-state index in [-0.39, 0.29) is 5.91 Å². The summed E-state index contributed by atoms with van der Waals surface area (Å²) in [5.41, 5.74) is 5.12. The molecule has 1 amide bonds. The lowest BCUT2D eigenvalue weighted by Gasteiger charge is -2.08. The highest BCUT2D eigenvalue weighted by molar-refractivity contribution is 7.99. The number of carbonyl (C=O) groups excluding carboxylic acids is 1. The van der Waals surface area contributed by atoms with Crippen LogP contribution < -0.4 is 5.73 Å². The van der Waals surface area contributed by atoms with Crippen LogP contribution in [-0.2, 0) is 23.0 Å². The molecule has 0 aliphatic carbocycles. The van der Waals surface area contributed by atoms with Crippen molar-refractivity contribution in [3.63, 3.8) is 0 Å². The Morgan fingerprint density at radius 2 is 2.44 bits per heavy atom. The molecule has 100 valence electrons. The maximum Gasteiger partial charge on any atom is 0.217 e. The van der Waals surface area contributed by atoms with Crippen LogP contribution in [-0.4, -0.2) is 39.1 Å². The molecule has 18 heavy (non-hydrogen) atoms. The zero-order chi connectivity index (χ0) is 13.0. The number of hydrogen-bond donors (Lipinski definition) is 1. The summed E-state index contributed by atoms with van der Waals surface area (Å²) < 4.78 is 7.48. The molecule has 1 aromatic heterocycles. The third-order valence-electron chi connectivity index (χ3n) is 2.94. The van der Waals surface area contributed by atoms with Crippen molar-refractivity contribution in [3.05, 3.63) is 5.82 Å². The molecule has 1 aromatic rings. The van der Waals surface area contributed by atoms with E-state index in [1.165, 1.54) is 0 Å². The lowest BCUT2D eigenvalue weighted by Crippen LogP contribution is -2.13. The number of thioether (sulfide) groups is 1. The molecule has 0 saturated carbocycles. The van der Waals surface area contributed by atoms with Gasteiger partial charge in [0.15, 0.2) is 5.16 Å². The number of primary amides is 1. The first-order valence-corrected chi connectivity index (χ1v) is 7.06. The average Bonchev–Trinajstić information content (AvgIpc) is 2.94. The topological polar surface area (TPSA) is 83.0 Å². The average molecular weight is 270 g/mol. The number of carbonyl (C=O) groups is 1. The van der Waals surface area contributed by atoms with Crippen LogP contribution >= 0.6 is 11.8 Å². The van der Waals surface area contributed by atoms with Gasteiger partial charge < -0.3 is 15.0 Å². The van der Waals surface area contributed by atoms with Gasteiger partial charge in [0, 0.05) is 32.2 Å². The summed E-state index contributed by atoms with van der Waals surface area (Å²) in [5, 5.41) is 9.07. The van der Waals surface area contributed by atoms with Crippen LogP contribution in [0.5, 0.6) is 0 Å². The Morgan fingerprint density at radius 1 is 1.61 bits per heavy atom. The molecule has 2 rings (SSSR count). The second-order valence-electron chi connectivity index (χ2n) is 4.37. The van der Waals surface area contributed by atoms with E-state index in [4.69, 9.17) is 10.5 Å². The lowest BCUT2D eigenvalue weighted by atomic mass is 10.3. The van der Waals surface area contributed by atoms with E-state index in [1.807, 2.05) is 11.6 Å². The monoisotopic (exact) mass is 270 g/mol. The summed E-state index contributed by atoms with van der Waals surface area (Å²) in [6.45, 7) is 0.869. The molecule has 0 aromatic carbocycles. The van der Waals surface area contributed by atoms with E-state index >= 15 is 0 Å². The maximum atomic E-state index is 10.7. The summed E-state index contributed by atoms with van der Waals surface area (Å²) >= 11 is 1.65. The molecule has 1 saturated heterocycles. The van der Waals surface area contributed by atoms with Gasteiger partial charge in [-0.25, -0.2) is 0 Å². The number of aromatic nitrogens is 3. The second-order valence-corrected chi connectivity index (χ2v) is 5.36. The van der Waals surface area contributed by atoms with Gasteiger partial charge >= 0.3 is 0 Å². The molecule has 1 fully saturated rings. The number of nitrogens with zero attached hydrogens (tertiary/aromatic N) is 3. The van der Waals surface area contributed by atoms with Crippen molar-refractivity contribution in [2.45, 2.75) is 36.9 Å². The van der Waals surface area contributed by atoms with Gasteiger partial charge in [-0.2, -0.15) is 0 Å². The SMILES string of the molecule is Cn1c(CCC(N)=O)nnc1SC[C@@H]1CCCO1. The molecule has 0 unspecified atom stereocenters. The zero-order valence-electron chi connectivity index (χ0n) is 10.5. The number of amides is 1. The standard InChI is InChI=1S/C11H18N4O2S/c1-15-10(5-4-9(12)16)13-14-11(15)18-7-8-3-2-6-17-8/h8H,2-7H2,1H3,(H2,12,16)/t8-/m0/s1. The second kappa shape index (κ2) is 6.19. The highest BCUT2D eigenvalue weighted by Gasteiger charge is 2.17. The zero-order valence-corrected chi connectivity index (χ0v) is 11.3. The van der Waals surface area contributed by atoms with Crippen LogP contribution in [0, 0.1) is 0 Å². The summed E-state index contributed by atoms with van der Waals surface area (Å²) in [6, 6.07) is 0. The van der Waals surface area contributed by atoms with Gasteiger partial charge in [0.25, 0.3) is 0 Å². The largest absolute Gasteiger partial charge is 0.377 e. The summed E-state index contributed by atoms with van der Waals surface area (Å²) in [7, 11) is 1.91. The third-order valence-corrected chi connectivity index (χ3v) is 4.09. The van der Waals surface area contributed by atoms with Crippen molar-refractivity contribution in [3.8, 4) is 0 Å². The molecule has 0 bridgehead atoms. The van der Waals surface area contributed by atoms with Gasteiger partial charge in [-0.15, -0.1) is 10.2 Å². The van der Waals surface area contributed by atoms with Crippen molar-refractivity contribution >= 4 is 17.7 Å². The fraction of sp³-hybridized carbons (Fsp3) is 0.727. The van der Waals surface area contributed by atoms with Crippen LogP contribution in [0.15, 0.2) is 5.16 Å². The molecule has 1 atom stereocenters. The summed E-state index contributed by atoms with van der Waals surface area (Å²) in [6.07, 6.45) is 3.45. The van der Waals surface area contributed by atoms with E-state index in [0.717, 1.165) is 36.2 Å². The first-order chi connectivity index (χ1) is 8.66. The number of ether oxygens (including phenoxy) is 1. The quantitative estimate of drug-likeness (QED) is 0.761. The van der Waals surface area contributed by atoms with E-state index in [1.54, 1.807) is 11.8 Å². The number of hydrogen-bond acceptors (Lipinski definition) is 5. The maximum absolute atomic E-state index is 10.7. The Hall–Kier alpha value is -1.08. The first-order valence-electron chi connectivity index (χ1n) is 6.08. The van der Waals surface area contributed by atoms with Crippen LogP contribution in [0.2, 0.25) is 0 Å². The highest BCUT2D eigenvalue weighted by atomic mass is 32.2. The Morgan fingerprint density at radius 3 is 3.11 bits per heavy atom. The number of rotatable bonds is 6. The van der Waals surface area contributed by atoms with Gasteiger partial charge in [0.2, 0.25) is 5.91 Å². The molecular weight excluding hydrogens is 252 g/mol. The molecule has 7 heteroatoms. The van der Waals surface area contributed by atoms with Crippen LogP contribution in [0.1, 0.15) is 25.1 Å². The Balaban J connectivity index is 1.86. The van der Waals surface area contributed by atoms with Gasteiger partial charge in [0.1, 0.15) is 5.82 Å². The Kier molecular flexibility index (Phi) is 4.60. The number of aryl methyl sites for hydroxylation is 1. The van der Waals surface area contributed by atoms with Crippen molar-refractivity contribution in [2.75, 3.05) is 12.4 Å². The van der Waals surface area contributed by atoms with E-state index in [0.29, 0.717) is 18.9 Å². The molecular formula is C11H18N4O2S. The van der Waals surface area contributed by atoms with Crippen molar-refractivity contribution in [2.24, 2.45) is 12.8 Å². The molecule has 1 aliphatic rings. The van der Waals surface area contributed by atoms with Crippen LogP contribution in [0.4, 0.5) is 0 Å². The van der Waals surface area contributed by atoms with Crippen molar-refractivity contribution < 1.29 is 9.53 Å². The fourth-order valence-electron chi connectivity index (χ4n) is 1.87. The minimum absolute atomic E-state index is 0.308. The normalized spacial score (nSPS) is 19.3. The van der Waals surface area contributed by atoms with E-state index in [2.05, 4.69) is 10.2 Å². The van der Waals surface area contributed by atoms with Crippen LogP contribution in [0.3, 0.4) is 0 Å². The number of nitrogens with two attached hydrogens (primary N) is 1. The van der Waals surface area contributed by atoms with Crippen LogP contribution in [0.25, 0.3) is 0 Å². The molecule has 0 spiro atoms. The van der Waals surface area contributed by atoms with Gasteiger partial charge in [-0.1, -0.05) is 11.8 Å². The Bertz CT molecular complexity index is 415. The fourth-order valence-corrected chi connectivity index (χ4v) is 2.86.